The quantitative estimate of drug-likeness (QED) is 0.234. The molecule has 0 radical (unpaired) electrons. The number of amides is 1. The molecule has 1 amide bonds. The van der Waals surface area contributed by atoms with E-state index in [1.165, 1.54) is 6.21 Å². The van der Waals surface area contributed by atoms with Gasteiger partial charge in [-0.2, -0.15) is 15.3 Å². The molecular weight excluding hydrogens is 444 g/mol. The van der Waals surface area contributed by atoms with Gasteiger partial charge in [0, 0.05) is 22.8 Å². The van der Waals surface area contributed by atoms with Crippen molar-refractivity contribution in [3.63, 3.8) is 0 Å². The van der Waals surface area contributed by atoms with Gasteiger partial charge in [-0.3, -0.25) is 9.48 Å². The van der Waals surface area contributed by atoms with E-state index in [1.807, 2.05) is 68.4 Å². The highest BCUT2D eigenvalue weighted by Gasteiger charge is 2.16. The van der Waals surface area contributed by atoms with Crippen molar-refractivity contribution in [2.24, 2.45) is 5.10 Å². The molecule has 0 bridgehead atoms. The highest BCUT2D eigenvalue weighted by atomic mass is 16.4. The van der Waals surface area contributed by atoms with Gasteiger partial charge in [-0.25, -0.2) is 14.9 Å². The smallest absolute Gasteiger partial charge is 0.345 e. The Hall–Kier alpha value is -4.79. The minimum absolute atomic E-state index is 0.0431. The maximum Gasteiger partial charge on any atom is 0.345 e. The van der Waals surface area contributed by atoms with Gasteiger partial charge < -0.3 is 4.42 Å². The third-order valence-electron chi connectivity index (χ3n) is 5.45. The van der Waals surface area contributed by atoms with Crippen LogP contribution in [0.4, 0.5) is 0 Å². The van der Waals surface area contributed by atoms with Gasteiger partial charge in [0.25, 0.3) is 5.91 Å². The van der Waals surface area contributed by atoms with Crippen LogP contribution in [0.15, 0.2) is 87.2 Å². The lowest BCUT2D eigenvalue weighted by Gasteiger charge is -2.03. The van der Waals surface area contributed by atoms with Crippen molar-refractivity contribution in [3.05, 3.63) is 100 Å². The fraction of sp³-hybridized carbons (Fsp3) is 0.115. The summed E-state index contributed by atoms with van der Waals surface area (Å²) in [5.74, 6) is -0.324. The third kappa shape index (κ3) is 4.65. The molecule has 2 aromatic carbocycles. The SMILES string of the molecule is Cc1cc(C)n(CC(=O)NN=Cc2cn(-c3ccccc3)nc2-c2cc3ccccc3oc2=O)n1. The maximum atomic E-state index is 12.8. The number of rotatable bonds is 6. The highest BCUT2D eigenvalue weighted by molar-refractivity contribution is 5.91. The van der Waals surface area contributed by atoms with Gasteiger partial charge in [0.1, 0.15) is 17.8 Å². The van der Waals surface area contributed by atoms with Gasteiger partial charge >= 0.3 is 5.63 Å². The predicted molar refractivity (Wildman–Crippen MR) is 132 cm³/mol. The average molecular weight is 467 g/mol. The molecule has 0 aliphatic heterocycles. The van der Waals surface area contributed by atoms with Crippen LogP contribution in [0.3, 0.4) is 0 Å². The molecular formula is C26H22N6O3. The summed E-state index contributed by atoms with van der Waals surface area (Å²) >= 11 is 0. The number of fused-ring (bicyclic) bond motifs is 1. The van der Waals surface area contributed by atoms with E-state index in [4.69, 9.17) is 4.42 Å². The molecule has 0 atom stereocenters. The number of hydrazone groups is 1. The van der Waals surface area contributed by atoms with Gasteiger partial charge in [-0.1, -0.05) is 36.4 Å². The number of carbonyl (C=O) groups excluding carboxylic acids is 1. The van der Waals surface area contributed by atoms with Crippen molar-refractivity contribution in [2.75, 3.05) is 0 Å². The first-order valence-electron chi connectivity index (χ1n) is 11.0. The molecule has 0 spiro atoms. The Balaban J connectivity index is 1.48. The summed E-state index contributed by atoms with van der Waals surface area (Å²) in [4.78, 5) is 25.2. The minimum Gasteiger partial charge on any atom is -0.422 e. The van der Waals surface area contributed by atoms with Crippen molar-refractivity contribution < 1.29 is 9.21 Å². The predicted octanol–water partition coefficient (Wildman–Crippen LogP) is 3.61. The standard InChI is InChI=1S/C26H22N6O3/c1-17-12-18(2)31(29-17)16-24(33)28-27-14-20-15-32(21-9-4-3-5-10-21)30-25(20)22-13-19-8-6-7-11-23(19)35-26(22)34/h3-15H,16H2,1-2H3,(H,28,33). The Morgan fingerprint density at radius 2 is 1.83 bits per heavy atom. The Bertz CT molecular complexity index is 1610. The number of para-hydroxylation sites is 2. The second-order valence-electron chi connectivity index (χ2n) is 8.08. The Labute approximate surface area is 200 Å². The van der Waals surface area contributed by atoms with Crippen LogP contribution in [-0.2, 0) is 11.3 Å². The number of benzene rings is 2. The molecule has 174 valence electrons. The Kier molecular flexibility index (Phi) is 5.80. The van der Waals surface area contributed by atoms with Crippen LogP contribution in [0, 0.1) is 13.8 Å². The number of nitrogens with zero attached hydrogens (tertiary/aromatic N) is 5. The van der Waals surface area contributed by atoms with Crippen LogP contribution < -0.4 is 11.1 Å². The molecule has 35 heavy (non-hydrogen) atoms. The second kappa shape index (κ2) is 9.22. The summed E-state index contributed by atoms with van der Waals surface area (Å²) in [7, 11) is 0. The van der Waals surface area contributed by atoms with Gasteiger partial charge in [-0.15, -0.1) is 0 Å². The monoisotopic (exact) mass is 466 g/mol. The summed E-state index contributed by atoms with van der Waals surface area (Å²) in [6, 6.07) is 20.4. The highest BCUT2D eigenvalue weighted by Crippen LogP contribution is 2.23. The molecule has 0 saturated carbocycles. The normalized spacial score (nSPS) is 11.4. The van der Waals surface area contributed by atoms with Crippen molar-refractivity contribution in [3.8, 4) is 16.9 Å². The van der Waals surface area contributed by atoms with Crippen LogP contribution in [0.5, 0.6) is 0 Å². The third-order valence-corrected chi connectivity index (χ3v) is 5.45. The lowest BCUT2D eigenvalue weighted by Crippen LogP contribution is -2.24. The summed E-state index contributed by atoms with van der Waals surface area (Å²) < 4.78 is 8.78. The zero-order chi connectivity index (χ0) is 24.4. The van der Waals surface area contributed by atoms with E-state index in [9.17, 15) is 9.59 Å². The Morgan fingerprint density at radius 3 is 2.60 bits per heavy atom. The molecule has 1 N–H and O–H groups in total. The van der Waals surface area contributed by atoms with Gasteiger partial charge in [0.15, 0.2) is 0 Å². The fourth-order valence-corrected chi connectivity index (χ4v) is 3.81. The first-order chi connectivity index (χ1) is 17.0. The molecule has 3 aromatic heterocycles. The molecule has 0 aliphatic carbocycles. The van der Waals surface area contributed by atoms with Gasteiger partial charge in [0.05, 0.1) is 23.2 Å². The first-order valence-corrected chi connectivity index (χ1v) is 11.0. The molecule has 3 heterocycles. The topological polar surface area (TPSA) is 107 Å². The summed E-state index contributed by atoms with van der Waals surface area (Å²) in [6.45, 7) is 3.80. The number of aryl methyl sites for hydroxylation is 2. The fourth-order valence-electron chi connectivity index (χ4n) is 3.81. The number of hydrogen-bond acceptors (Lipinski definition) is 6. The molecule has 9 nitrogen and oxygen atoms in total. The van der Waals surface area contributed by atoms with Gasteiger partial charge in [-0.05, 0) is 44.2 Å². The van der Waals surface area contributed by atoms with Crippen LogP contribution in [0.2, 0.25) is 0 Å². The summed E-state index contributed by atoms with van der Waals surface area (Å²) in [6.07, 6.45) is 3.21. The van der Waals surface area contributed by atoms with E-state index >= 15 is 0 Å². The zero-order valence-corrected chi connectivity index (χ0v) is 19.2. The number of nitrogens with one attached hydrogen (secondary N) is 1. The van der Waals surface area contributed by atoms with E-state index in [1.54, 1.807) is 27.7 Å². The lowest BCUT2D eigenvalue weighted by atomic mass is 10.1. The van der Waals surface area contributed by atoms with E-state index in [0.29, 0.717) is 22.4 Å². The maximum absolute atomic E-state index is 12.8. The van der Waals surface area contributed by atoms with Gasteiger partial charge in [0.2, 0.25) is 0 Å². The molecule has 0 fully saturated rings. The lowest BCUT2D eigenvalue weighted by molar-refractivity contribution is -0.121. The number of carbonyl (C=O) groups is 1. The largest absolute Gasteiger partial charge is 0.422 e. The average Bonchev–Trinajstić information content (AvgIpc) is 3.41. The van der Waals surface area contributed by atoms with Crippen LogP contribution >= 0.6 is 0 Å². The van der Waals surface area contributed by atoms with Crippen LogP contribution in [-0.4, -0.2) is 31.7 Å². The Morgan fingerprint density at radius 1 is 1.06 bits per heavy atom. The summed E-state index contributed by atoms with van der Waals surface area (Å²) in [5, 5.41) is 13.8. The minimum atomic E-state index is -0.509. The van der Waals surface area contributed by atoms with E-state index in [2.05, 4.69) is 20.7 Å². The molecule has 0 unspecified atom stereocenters. The molecule has 5 aromatic rings. The van der Waals surface area contributed by atoms with Crippen LogP contribution in [0.25, 0.3) is 27.9 Å². The number of aromatic nitrogens is 4. The van der Waals surface area contributed by atoms with Crippen molar-refractivity contribution >= 4 is 23.1 Å². The number of hydrogen-bond donors (Lipinski definition) is 1. The van der Waals surface area contributed by atoms with Crippen molar-refractivity contribution in [2.45, 2.75) is 20.4 Å². The van der Waals surface area contributed by atoms with Crippen molar-refractivity contribution in [1.29, 1.82) is 0 Å². The van der Waals surface area contributed by atoms with E-state index < -0.39 is 5.63 Å². The zero-order valence-electron chi connectivity index (χ0n) is 19.2. The molecule has 5 rings (SSSR count). The second-order valence-corrected chi connectivity index (χ2v) is 8.08. The molecule has 0 saturated heterocycles. The van der Waals surface area contributed by atoms with Crippen molar-refractivity contribution in [1.82, 2.24) is 25.0 Å². The summed E-state index contributed by atoms with van der Waals surface area (Å²) in [5.41, 5.74) is 6.28. The van der Waals surface area contributed by atoms with E-state index in [0.717, 1.165) is 22.5 Å². The van der Waals surface area contributed by atoms with E-state index in [-0.39, 0.29) is 12.5 Å². The first kappa shape index (κ1) is 22.0. The molecule has 9 heteroatoms. The van der Waals surface area contributed by atoms with Crippen LogP contribution in [0.1, 0.15) is 17.0 Å². The molecule has 0 aliphatic rings.